The molecule has 2 aliphatic rings. The lowest BCUT2D eigenvalue weighted by Crippen LogP contribution is -2.36. The smallest absolute Gasteiger partial charge is 0.222 e. The van der Waals surface area contributed by atoms with Crippen molar-refractivity contribution in [1.29, 1.82) is 0 Å². The van der Waals surface area contributed by atoms with Crippen molar-refractivity contribution in [3.8, 4) is 0 Å². The van der Waals surface area contributed by atoms with Crippen molar-refractivity contribution < 1.29 is 9.59 Å². The number of piperidine rings is 1. The minimum absolute atomic E-state index is 0.212. The van der Waals surface area contributed by atoms with E-state index in [4.69, 9.17) is 11.6 Å². The molecule has 0 aliphatic carbocycles. The van der Waals surface area contributed by atoms with E-state index >= 15 is 0 Å². The van der Waals surface area contributed by atoms with E-state index < -0.39 is 0 Å². The van der Waals surface area contributed by atoms with E-state index in [2.05, 4.69) is 6.07 Å². The number of halogens is 1. The summed E-state index contributed by atoms with van der Waals surface area (Å²) in [6.45, 7) is 3.17. The molecular weight excluding hydrogens is 324 g/mol. The lowest BCUT2D eigenvalue weighted by atomic mass is 9.99. The van der Waals surface area contributed by atoms with Crippen molar-refractivity contribution in [2.24, 2.45) is 0 Å². The van der Waals surface area contributed by atoms with Crippen LogP contribution in [0.15, 0.2) is 24.3 Å². The van der Waals surface area contributed by atoms with Crippen molar-refractivity contribution in [2.75, 3.05) is 26.2 Å². The number of amides is 2. The van der Waals surface area contributed by atoms with Gasteiger partial charge < -0.3 is 9.80 Å². The third kappa shape index (κ3) is 4.29. The highest BCUT2D eigenvalue weighted by Gasteiger charge is 2.27. The zero-order chi connectivity index (χ0) is 16.9. The number of hydrogen-bond acceptors (Lipinski definition) is 2. The highest BCUT2D eigenvalue weighted by molar-refractivity contribution is 6.30. The molecule has 0 N–H and O–H groups in total. The quantitative estimate of drug-likeness (QED) is 0.817. The highest BCUT2D eigenvalue weighted by Crippen LogP contribution is 2.29. The zero-order valence-corrected chi connectivity index (χ0v) is 14.8. The maximum atomic E-state index is 12.4. The fourth-order valence-corrected chi connectivity index (χ4v) is 3.90. The number of nitrogens with zero attached hydrogens (tertiary/aromatic N) is 2. The second-order valence-electron chi connectivity index (χ2n) is 6.82. The van der Waals surface area contributed by atoms with E-state index in [9.17, 15) is 9.59 Å². The van der Waals surface area contributed by atoms with Crippen LogP contribution in [0.5, 0.6) is 0 Å². The summed E-state index contributed by atoms with van der Waals surface area (Å²) in [4.78, 5) is 28.1. The molecule has 0 spiro atoms. The van der Waals surface area contributed by atoms with Crippen LogP contribution in [0.3, 0.4) is 0 Å². The van der Waals surface area contributed by atoms with Crippen LogP contribution in [0.2, 0.25) is 5.02 Å². The molecule has 0 aromatic heterocycles. The van der Waals surface area contributed by atoms with Gasteiger partial charge in [-0.2, -0.15) is 0 Å². The minimum atomic E-state index is 0.212. The maximum absolute atomic E-state index is 12.4. The second kappa shape index (κ2) is 8.02. The Hall–Kier alpha value is -1.55. The number of rotatable bonds is 5. The summed E-state index contributed by atoms with van der Waals surface area (Å²) >= 11 is 6.06. The molecule has 24 heavy (non-hydrogen) atoms. The average Bonchev–Trinajstić information content (AvgIpc) is 3.07. The molecule has 1 aromatic carbocycles. The number of hydrogen-bond donors (Lipinski definition) is 0. The Morgan fingerprint density at radius 2 is 2.12 bits per heavy atom. The Morgan fingerprint density at radius 3 is 2.92 bits per heavy atom. The normalized spacial score (nSPS) is 21.4. The minimum Gasteiger partial charge on any atom is -0.343 e. The van der Waals surface area contributed by atoms with Gasteiger partial charge in [-0.05, 0) is 43.4 Å². The molecule has 3 rings (SSSR count). The predicted molar refractivity (Wildman–Crippen MR) is 95.1 cm³/mol. The molecule has 0 unspecified atom stereocenters. The first kappa shape index (κ1) is 17.3. The first-order valence-corrected chi connectivity index (χ1v) is 9.32. The van der Waals surface area contributed by atoms with Crippen LogP contribution in [-0.4, -0.2) is 47.8 Å². The third-order valence-corrected chi connectivity index (χ3v) is 5.34. The molecule has 2 amide bonds. The number of carbonyl (C=O) groups excluding carboxylic acids is 2. The van der Waals surface area contributed by atoms with Crippen LogP contribution >= 0.6 is 11.6 Å². The van der Waals surface area contributed by atoms with Crippen LogP contribution in [-0.2, 0) is 9.59 Å². The number of carbonyl (C=O) groups is 2. The summed E-state index contributed by atoms with van der Waals surface area (Å²) in [5.41, 5.74) is 1.22. The van der Waals surface area contributed by atoms with E-state index in [0.717, 1.165) is 56.9 Å². The van der Waals surface area contributed by atoms with Crippen LogP contribution in [0.4, 0.5) is 0 Å². The first-order chi connectivity index (χ1) is 11.6. The van der Waals surface area contributed by atoms with Crippen LogP contribution in [0, 0.1) is 0 Å². The van der Waals surface area contributed by atoms with Gasteiger partial charge in [0.25, 0.3) is 0 Å². The molecule has 2 heterocycles. The van der Waals surface area contributed by atoms with E-state index in [1.807, 2.05) is 28.0 Å². The van der Waals surface area contributed by atoms with Gasteiger partial charge >= 0.3 is 0 Å². The Balaban J connectivity index is 1.44. The summed E-state index contributed by atoms with van der Waals surface area (Å²) in [5, 5.41) is 0.753. The molecule has 5 heteroatoms. The van der Waals surface area contributed by atoms with Crippen molar-refractivity contribution in [1.82, 2.24) is 9.80 Å². The Kier molecular flexibility index (Phi) is 5.77. The molecule has 2 saturated heterocycles. The van der Waals surface area contributed by atoms with Gasteiger partial charge in [0, 0.05) is 50.0 Å². The molecule has 0 bridgehead atoms. The summed E-state index contributed by atoms with van der Waals surface area (Å²) in [6.07, 6.45) is 5.06. The summed E-state index contributed by atoms with van der Waals surface area (Å²) in [5.74, 6) is 0.844. The standard InChI is InChI=1S/C19H25ClN2O2/c20-17-6-3-5-15(13-17)16-9-12-22(14-16)19(24)8-4-11-21-10-2-1-7-18(21)23/h3,5-6,13,16H,1-2,4,7-12,14H2/t16-/m1/s1. The van der Waals surface area contributed by atoms with Gasteiger partial charge in [0.15, 0.2) is 0 Å². The van der Waals surface area contributed by atoms with Gasteiger partial charge in [0.1, 0.15) is 0 Å². The highest BCUT2D eigenvalue weighted by atomic mass is 35.5. The van der Waals surface area contributed by atoms with Crippen molar-refractivity contribution in [3.63, 3.8) is 0 Å². The lowest BCUT2D eigenvalue weighted by Gasteiger charge is -2.26. The van der Waals surface area contributed by atoms with E-state index in [0.29, 0.717) is 18.8 Å². The summed E-state index contributed by atoms with van der Waals surface area (Å²) < 4.78 is 0. The molecule has 1 aromatic rings. The Bertz CT molecular complexity index is 605. The molecule has 2 aliphatic heterocycles. The SMILES string of the molecule is O=C1CCCCN1CCCC(=O)N1CC[C@@H](c2cccc(Cl)c2)C1. The average molecular weight is 349 g/mol. The predicted octanol–water partition coefficient (Wildman–Crippen LogP) is 3.45. The Labute approximate surface area is 148 Å². The van der Waals surface area contributed by atoms with E-state index in [-0.39, 0.29) is 11.8 Å². The molecule has 0 radical (unpaired) electrons. The molecule has 4 nitrogen and oxygen atoms in total. The molecule has 130 valence electrons. The monoisotopic (exact) mass is 348 g/mol. The topological polar surface area (TPSA) is 40.6 Å². The summed E-state index contributed by atoms with van der Waals surface area (Å²) in [7, 11) is 0. The largest absolute Gasteiger partial charge is 0.343 e. The van der Waals surface area contributed by atoms with Crippen molar-refractivity contribution >= 4 is 23.4 Å². The lowest BCUT2D eigenvalue weighted by molar-refractivity contribution is -0.134. The van der Waals surface area contributed by atoms with Crippen LogP contribution in [0.25, 0.3) is 0 Å². The van der Waals surface area contributed by atoms with Gasteiger partial charge in [-0.3, -0.25) is 9.59 Å². The van der Waals surface area contributed by atoms with Gasteiger partial charge in [-0.1, -0.05) is 23.7 Å². The summed E-state index contributed by atoms with van der Waals surface area (Å²) in [6, 6.07) is 7.94. The third-order valence-electron chi connectivity index (χ3n) is 5.10. The molecule has 2 fully saturated rings. The zero-order valence-electron chi connectivity index (χ0n) is 14.0. The molecule has 0 saturated carbocycles. The van der Waals surface area contributed by atoms with Crippen LogP contribution in [0.1, 0.15) is 50.0 Å². The fraction of sp³-hybridized carbons (Fsp3) is 0.579. The second-order valence-corrected chi connectivity index (χ2v) is 7.26. The molecular formula is C19H25ClN2O2. The van der Waals surface area contributed by atoms with Gasteiger partial charge in [-0.15, -0.1) is 0 Å². The van der Waals surface area contributed by atoms with E-state index in [1.165, 1.54) is 5.56 Å². The fourth-order valence-electron chi connectivity index (χ4n) is 3.70. The number of likely N-dealkylation sites (tertiary alicyclic amines) is 2. The maximum Gasteiger partial charge on any atom is 0.222 e. The van der Waals surface area contributed by atoms with Crippen molar-refractivity contribution in [3.05, 3.63) is 34.9 Å². The first-order valence-electron chi connectivity index (χ1n) is 8.94. The van der Waals surface area contributed by atoms with Gasteiger partial charge in [0.05, 0.1) is 0 Å². The molecule has 1 atom stereocenters. The van der Waals surface area contributed by atoms with Gasteiger partial charge in [-0.25, -0.2) is 0 Å². The van der Waals surface area contributed by atoms with Crippen molar-refractivity contribution in [2.45, 2.75) is 44.4 Å². The van der Waals surface area contributed by atoms with Gasteiger partial charge in [0.2, 0.25) is 11.8 Å². The van der Waals surface area contributed by atoms with E-state index in [1.54, 1.807) is 0 Å². The Morgan fingerprint density at radius 1 is 1.25 bits per heavy atom. The number of benzene rings is 1. The van der Waals surface area contributed by atoms with Crippen LogP contribution < -0.4 is 0 Å².